The van der Waals surface area contributed by atoms with Crippen molar-refractivity contribution in [2.24, 2.45) is 7.05 Å². The normalized spacial score (nSPS) is 14.3. The Morgan fingerprint density at radius 1 is 1.29 bits per heavy atom. The molecule has 0 spiro atoms. The molecule has 1 amide bonds. The molecule has 1 aliphatic rings. The second-order valence-electron chi connectivity index (χ2n) is 8.34. The minimum atomic E-state index is -3.55. The number of pyridine rings is 1. The molecule has 1 fully saturated rings. The van der Waals surface area contributed by atoms with Gasteiger partial charge < -0.3 is 14.6 Å². The van der Waals surface area contributed by atoms with Crippen LogP contribution in [0.25, 0.3) is 10.9 Å². The number of amides is 1. The van der Waals surface area contributed by atoms with Crippen LogP contribution >= 0.6 is 0 Å². The van der Waals surface area contributed by atoms with Crippen LogP contribution in [0.2, 0.25) is 0 Å². The van der Waals surface area contributed by atoms with Gasteiger partial charge in [-0.2, -0.15) is 10.4 Å². The summed E-state index contributed by atoms with van der Waals surface area (Å²) in [4.78, 5) is 25.7. The number of ether oxygens (including phenoxy) is 1. The minimum absolute atomic E-state index is 0.0182. The third-order valence-corrected chi connectivity index (χ3v) is 8.29. The highest BCUT2D eigenvalue weighted by atomic mass is 32.2. The number of hydrogen-bond donors (Lipinski definition) is 2. The Morgan fingerprint density at radius 3 is 2.63 bits per heavy atom. The van der Waals surface area contributed by atoms with Crippen LogP contribution in [-0.4, -0.2) is 47.0 Å². The van der Waals surface area contributed by atoms with Gasteiger partial charge in [0.25, 0.3) is 17.3 Å². The molecule has 0 radical (unpaired) electrons. The van der Waals surface area contributed by atoms with Crippen LogP contribution in [0.3, 0.4) is 0 Å². The molecule has 1 aromatic carbocycles. The molecule has 0 bridgehead atoms. The monoisotopic (exact) mass is 496 g/mol. The molecule has 1 aliphatic carbocycles. The molecule has 0 unspecified atom stereocenters. The fourth-order valence-corrected chi connectivity index (χ4v) is 5.27. The van der Waals surface area contributed by atoms with E-state index in [9.17, 15) is 18.0 Å². The molecule has 2 heterocycles. The first-order chi connectivity index (χ1) is 16.7. The first-order valence-corrected chi connectivity index (χ1v) is 12.4. The summed E-state index contributed by atoms with van der Waals surface area (Å²) < 4.78 is 33.5. The molecule has 2 aromatic heterocycles. The SMILES string of the molecule is CCNS(=O)(=O)C1(COc2nncc3cc(C(=O)NCc4ccc(C#N)cc4)c(=O)n(C)c23)CC1. The zero-order valence-electron chi connectivity index (χ0n) is 19.2. The highest BCUT2D eigenvalue weighted by Gasteiger charge is 2.55. The predicted molar refractivity (Wildman–Crippen MR) is 127 cm³/mol. The predicted octanol–water partition coefficient (Wildman–Crippen LogP) is 0.981. The van der Waals surface area contributed by atoms with Crippen LogP contribution in [0.1, 0.15) is 41.3 Å². The van der Waals surface area contributed by atoms with E-state index in [-0.39, 0.29) is 31.1 Å². The van der Waals surface area contributed by atoms with Crippen molar-refractivity contribution in [1.29, 1.82) is 5.26 Å². The third kappa shape index (κ3) is 4.73. The van der Waals surface area contributed by atoms with Crippen LogP contribution in [0.15, 0.2) is 41.3 Å². The molecule has 2 N–H and O–H groups in total. The minimum Gasteiger partial charge on any atom is -0.473 e. The Labute approximate surface area is 201 Å². The average Bonchev–Trinajstić information content (AvgIpc) is 3.65. The van der Waals surface area contributed by atoms with E-state index in [1.54, 1.807) is 31.2 Å². The highest BCUT2D eigenvalue weighted by molar-refractivity contribution is 7.91. The van der Waals surface area contributed by atoms with Gasteiger partial charge in [-0.25, -0.2) is 13.1 Å². The van der Waals surface area contributed by atoms with E-state index in [0.29, 0.717) is 29.3 Å². The van der Waals surface area contributed by atoms with E-state index in [0.717, 1.165) is 5.56 Å². The van der Waals surface area contributed by atoms with Crippen molar-refractivity contribution < 1.29 is 17.9 Å². The van der Waals surface area contributed by atoms with Gasteiger partial charge in [0.15, 0.2) is 0 Å². The standard InChI is InChI=1S/C23H24N6O5S/c1-3-27-35(32,33)23(8-9-23)14-34-21-19-17(13-26-28-21)10-18(22(31)29(19)2)20(30)25-12-16-6-4-15(11-24)5-7-16/h4-7,10,13,27H,3,8-9,12,14H2,1-2H3,(H,25,30). The molecule has 1 saturated carbocycles. The lowest BCUT2D eigenvalue weighted by molar-refractivity contribution is 0.0949. The van der Waals surface area contributed by atoms with Crippen molar-refractivity contribution in [3.8, 4) is 11.9 Å². The number of carbonyl (C=O) groups excluding carboxylic acids is 1. The van der Waals surface area contributed by atoms with Gasteiger partial charge in [0.05, 0.1) is 17.8 Å². The Balaban J connectivity index is 1.56. The van der Waals surface area contributed by atoms with E-state index < -0.39 is 26.2 Å². The number of fused-ring (bicyclic) bond motifs is 1. The van der Waals surface area contributed by atoms with Gasteiger partial charge in [-0.05, 0) is 36.6 Å². The van der Waals surface area contributed by atoms with Crippen molar-refractivity contribution in [3.05, 3.63) is 63.6 Å². The second-order valence-corrected chi connectivity index (χ2v) is 10.5. The van der Waals surface area contributed by atoms with Gasteiger partial charge >= 0.3 is 0 Å². The number of aromatic nitrogens is 3. The number of aryl methyl sites for hydroxylation is 1. The van der Waals surface area contributed by atoms with Crippen LogP contribution in [0.5, 0.6) is 5.88 Å². The molecule has 0 saturated heterocycles. The third-order valence-electron chi connectivity index (χ3n) is 5.96. The Hall–Kier alpha value is -3.82. The van der Waals surface area contributed by atoms with E-state index in [2.05, 4.69) is 20.2 Å². The Bertz CT molecular complexity index is 1490. The molecular weight excluding hydrogens is 472 g/mol. The van der Waals surface area contributed by atoms with Crippen molar-refractivity contribution in [3.63, 3.8) is 0 Å². The summed E-state index contributed by atoms with van der Waals surface area (Å²) in [6.07, 6.45) is 2.33. The summed E-state index contributed by atoms with van der Waals surface area (Å²) in [7, 11) is -2.07. The largest absolute Gasteiger partial charge is 0.473 e. The van der Waals surface area contributed by atoms with Gasteiger partial charge in [0, 0.05) is 25.5 Å². The maximum Gasteiger partial charge on any atom is 0.263 e. The highest BCUT2D eigenvalue weighted by Crippen LogP contribution is 2.43. The molecule has 12 heteroatoms. The maximum atomic E-state index is 13.0. The van der Waals surface area contributed by atoms with Crippen LogP contribution < -0.4 is 20.3 Å². The summed E-state index contributed by atoms with van der Waals surface area (Å²) >= 11 is 0. The number of hydrogen-bond acceptors (Lipinski definition) is 8. The molecule has 3 aromatic rings. The Kier molecular flexibility index (Phi) is 6.56. The van der Waals surface area contributed by atoms with Gasteiger partial charge in [-0.3, -0.25) is 9.59 Å². The number of nitriles is 1. The average molecular weight is 497 g/mol. The molecule has 11 nitrogen and oxygen atoms in total. The smallest absolute Gasteiger partial charge is 0.263 e. The summed E-state index contributed by atoms with van der Waals surface area (Å²) in [6.45, 7) is 2.04. The molecule has 35 heavy (non-hydrogen) atoms. The Morgan fingerprint density at radius 2 is 2.00 bits per heavy atom. The lowest BCUT2D eigenvalue weighted by atomic mass is 10.1. The van der Waals surface area contributed by atoms with Gasteiger partial charge in [0.1, 0.15) is 22.4 Å². The number of carbonyl (C=O) groups is 1. The van der Waals surface area contributed by atoms with Crippen molar-refractivity contribution in [1.82, 2.24) is 24.8 Å². The summed E-state index contributed by atoms with van der Waals surface area (Å²) in [6, 6.07) is 10.2. The molecule has 182 valence electrons. The summed E-state index contributed by atoms with van der Waals surface area (Å²) in [5.74, 6) is -0.547. The summed E-state index contributed by atoms with van der Waals surface area (Å²) in [5.41, 5.74) is 0.952. The first-order valence-electron chi connectivity index (χ1n) is 11.0. The van der Waals surface area contributed by atoms with Crippen LogP contribution in [-0.2, 0) is 23.6 Å². The number of nitrogens with one attached hydrogen (secondary N) is 2. The van der Waals surface area contributed by atoms with E-state index in [1.165, 1.54) is 23.9 Å². The topological polar surface area (TPSA) is 156 Å². The molecular formula is C23H24N6O5S. The quantitative estimate of drug-likeness (QED) is 0.444. The zero-order valence-corrected chi connectivity index (χ0v) is 20.1. The van der Waals surface area contributed by atoms with Gasteiger partial charge in [-0.15, -0.1) is 5.10 Å². The van der Waals surface area contributed by atoms with Crippen molar-refractivity contribution in [2.75, 3.05) is 13.2 Å². The van der Waals surface area contributed by atoms with E-state index in [1.807, 2.05) is 6.07 Å². The van der Waals surface area contributed by atoms with E-state index >= 15 is 0 Å². The molecule has 0 aliphatic heterocycles. The lowest BCUT2D eigenvalue weighted by Crippen LogP contribution is -2.40. The molecule has 4 rings (SSSR count). The maximum absolute atomic E-state index is 13.0. The van der Waals surface area contributed by atoms with Crippen LogP contribution in [0, 0.1) is 11.3 Å². The van der Waals surface area contributed by atoms with Gasteiger partial charge in [-0.1, -0.05) is 19.1 Å². The number of rotatable bonds is 9. The second kappa shape index (κ2) is 9.44. The van der Waals surface area contributed by atoms with Crippen LogP contribution in [0.4, 0.5) is 0 Å². The number of nitrogens with zero attached hydrogens (tertiary/aromatic N) is 4. The van der Waals surface area contributed by atoms with Gasteiger partial charge in [0.2, 0.25) is 10.0 Å². The molecule has 0 atom stereocenters. The lowest BCUT2D eigenvalue weighted by Gasteiger charge is -2.18. The fourth-order valence-electron chi connectivity index (χ4n) is 3.73. The number of sulfonamides is 1. The van der Waals surface area contributed by atoms with Crippen molar-refractivity contribution >= 4 is 26.8 Å². The van der Waals surface area contributed by atoms with Crippen molar-refractivity contribution in [2.45, 2.75) is 31.1 Å². The van der Waals surface area contributed by atoms with E-state index in [4.69, 9.17) is 10.00 Å². The first kappa shape index (κ1) is 24.3. The fraction of sp³-hybridized carbons (Fsp3) is 0.348. The zero-order chi connectivity index (χ0) is 25.2. The summed E-state index contributed by atoms with van der Waals surface area (Å²) in [5, 5.41) is 19.9. The number of benzene rings is 1.